The van der Waals surface area contributed by atoms with E-state index in [4.69, 9.17) is 14.1 Å². The summed E-state index contributed by atoms with van der Waals surface area (Å²) < 4.78 is 11.6. The minimum atomic E-state index is 0.621. The van der Waals surface area contributed by atoms with Crippen molar-refractivity contribution < 1.29 is 9.15 Å². The Hall–Kier alpha value is -1.89. The van der Waals surface area contributed by atoms with Gasteiger partial charge in [-0.15, -0.1) is 0 Å². The Morgan fingerprint density at radius 1 is 1.11 bits per heavy atom. The molecule has 4 aliphatic rings. The van der Waals surface area contributed by atoms with Crippen molar-refractivity contribution in [2.24, 2.45) is 5.92 Å². The predicted octanol–water partition coefficient (Wildman–Crippen LogP) is 2.99. The highest BCUT2D eigenvalue weighted by Crippen LogP contribution is 2.42. The van der Waals surface area contributed by atoms with Crippen LogP contribution < -0.4 is 0 Å². The molecule has 28 heavy (non-hydrogen) atoms. The lowest BCUT2D eigenvalue weighted by atomic mass is 9.75. The Kier molecular flexibility index (Phi) is 4.17. The van der Waals surface area contributed by atoms with Crippen molar-refractivity contribution in [3.8, 4) is 0 Å². The highest BCUT2D eigenvalue weighted by Gasteiger charge is 2.36. The van der Waals surface area contributed by atoms with Gasteiger partial charge in [-0.05, 0) is 49.5 Å². The third-order valence-electron chi connectivity index (χ3n) is 7.08. The van der Waals surface area contributed by atoms with Crippen LogP contribution in [0.5, 0.6) is 0 Å². The standard InChI is InChI=1S/C22H28N4O2/c1-2-19-22(24-20(28-19)5-8-25-9-11-27-12-10-25)21-16(13-23-18(1)21)17-14-26-6-3-15(17)4-7-26/h1-2,13,15,17,23H,3-12,14H2. The second-order valence-corrected chi connectivity index (χ2v) is 8.64. The molecule has 0 spiro atoms. The van der Waals surface area contributed by atoms with E-state index in [9.17, 15) is 0 Å². The Labute approximate surface area is 164 Å². The second-order valence-electron chi connectivity index (χ2n) is 8.64. The summed E-state index contributed by atoms with van der Waals surface area (Å²) in [6.07, 6.45) is 5.75. The number of nitrogens with one attached hydrogen (secondary N) is 1. The Morgan fingerprint density at radius 3 is 2.75 bits per heavy atom. The molecule has 7 rings (SSSR count). The Balaban J connectivity index is 1.33. The molecule has 6 heterocycles. The maximum Gasteiger partial charge on any atom is 0.196 e. The van der Waals surface area contributed by atoms with Gasteiger partial charge in [-0.3, -0.25) is 4.90 Å². The molecule has 2 aromatic heterocycles. The molecule has 6 heteroatoms. The molecule has 0 saturated carbocycles. The van der Waals surface area contributed by atoms with Crippen molar-refractivity contribution >= 4 is 22.0 Å². The van der Waals surface area contributed by atoms with Crippen LogP contribution in [0.1, 0.15) is 30.2 Å². The molecule has 1 atom stereocenters. The maximum atomic E-state index is 6.15. The van der Waals surface area contributed by atoms with Gasteiger partial charge in [0.1, 0.15) is 5.52 Å². The lowest BCUT2D eigenvalue weighted by Crippen LogP contribution is -2.46. The average molecular weight is 380 g/mol. The number of rotatable bonds is 4. The Morgan fingerprint density at radius 2 is 1.96 bits per heavy atom. The molecule has 4 saturated heterocycles. The number of hydrogen-bond acceptors (Lipinski definition) is 5. The fourth-order valence-corrected chi connectivity index (χ4v) is 5.48. The number of H-pyrrole nitrogens is 1. The van der Waals surface area contributed by atoms with E-state index in [1.165, 1.54) is 48.9 Å². The summed E-state index contributed by atoms with van der Waals surface area (Å²) in [7, 11) is 0. The molecule has 1 unspecified atom stereocenters. The number of oxazole rings is 1. The fourth-order valence-electron chi connectivity index (χ4n) is 5.48. The van der Waals surface area contributed by atoms with E-state index in [0.29, 0.717) is 5.92 Å². The van der Waals surface area contributed by atoms with Crippen molar-refractivity contribution in [3.05, 3.63) is 29.8 Å². The number of aromatic nitrogens is 2. The van der Waals surface area contributed by atoms with Crippen LogP contribution in [0.2, 0.25) is 0 Å². The number of benzene rings is 1. The van der Waals surface area contributed by atoms with Crippen LogP contribution in [-0.4, -0.2) is 72.3 Å². The number of fused-ring (bicyclic) bond motifs is 6. The zero-order valence-corrected chi connectivity index (χ0v) is 16.3. The summed E-state index contributed by atoms with van der Waals surface area (Å²) in [5.41, 5.74) is 4.60. The summed E-state index contributed by atoms with van der Waals surface area (Å²) in [6.45, 7) is 8.40. The summed E-state index contributed by atoms with van der Waals surface area (Å²) in [5.74, 6) is 2.29. The van der Waals surface area contributed by atoms with E-state index >= 15 is 0 Å². The van der Waals surface area contributed by atoms with Gasteiger partial charge >= 0.3 is 0 Å². The maximum absolute atomic E-state index is 6.15. The quantitative estimate of drug-likeness (QED) is 0.754. The first kappa shape index (κ1) is 17.0. The van der Waals surface area contributed by atoms with Gasteiger partial charge in [0, 0.05) is 55.6 Å². The molecule has 4 aliphatic heterocycles. The molecule has 0 aliphatic carbocycles. The molecule has 0 amide bonds. The van der Waals surface area contributed by atoms with Gasteiger partial charge in [0.2, 0.25) is 0 Å². The molecule has 0 radical (unpaired) electrons. The van der Waals surface area contributed by atoms with Crippen LogP contribution in [0.4, 0.5) is 0 Å². The molecular formula is C22H28N4O2. The number of piperidine rings is 3. The first-order valence-corrected chi connectivity index (χ1v) is 10.8. The number of morpholine rings is 1. The van der Waals surface area contributed by atoms with E-state index in [1.54, 1.807) is 0 Å². The van der Waals surface area contributed by atoms with Crippen LogP contribution in [0.15, 0.2) is 22.7 Å². The topological polar surface area (TPSA) is 57.5 Å². The molecule has 2 bridgehead atoms. The summed E-state index contributed by atoms with van der Waals surface area (Å²) >= 11 is 0. The fraction of sp³-hybridized carbons (Fsp3) is 0.591. The SMILES string of the molecule is c1[nH]c2ccc3oc(CCN4CCOCC4)nc3c2c1C1CN2CCC1CC2. The number of aromatic amines is 1. The van der Waals surface area contributed by atoms with Crippen molar-refractivity contribution in [3.63, 3.8) is 0 Å². The van der Waals surface area contributed by atoms with E-state index in [-0.39, 0.29) is 0 Å². The van der Waals surface area contributed by atoms with Crippen molar-refractivity contribution in [2.75, 3.05) is 52.5 Å². The second kappa shape index (κ2) is 6.87. The molecule has 1 N–H and O–H groups in total. The minimum Gasteiger partial charge on any atom is -0.441 e. The average Bonchev–Trinajstić information content (AvgIpc) is 3.37. The number of nitrogens with zero attached hydrogens (tertiary/aromatic N) is 3. The van der Waals surface area contributed by atoms with E-state index < -0.39 is 0 Å². The van der Waals surface area contributed by atoms with Gasteiger partial charge in [0.15, 0.2) is 11.5 Å². The monoisotopic (exact) mass is 380 g/mol. The first-order chi connectivity index (χ1) is 13.8. The third kappa shape index (κ3) is 2.86. The lowest BCUT2D eigenvalue weighted by molar-refractivity contribution is 0.0378. The molecule has 1 aromatic carbocycles. The minimum absolute atomic E-state index is 0.621. The van der Waals surface area contributed by atoms with Gasteiger partial charge < -0.3 is 19.0 Å². The molecule has 3 aromatic rings. The van der Waals surface area contributed by atoms with E-state index in [2.05, 4.69) is 33.1 Å². The molecule has 148 valence electrons. The van der Waals surface area contributed by atoms with Crippen molar-refractivity contribution in [2.45, 2.75) is 25.2 Å². The number of ether oxygens (including phenoxy) is 1. The van der Waals surface area contributed by atoms with Gasteiger partial charge in [0.25, 0.3) is 0 Å². The van der Waals surface area contributed by atoms with Crippen LogP contribution >= 0.6 is 0 Å². The smallest absolute Gasteiger partial charge is 0.196 e. The largest absolute Gasteiger partial charge is 0.441 e. The van der Waals surface area contributed by atoms with Gasteiger partial charge in [0.05, 0.1) is 13.2 Å². The first-order valence-electron chi connectivity index (χ1n) is 10.8. The van der Waals surface area contributed by atoms with Gasteiger partial charge in [-0.1, -0.05) is 0 Å². The van der Waals surface area contributed by atoms with Crippen LogP contribution in [-0.2, 0) is 11.2 Å². The number of hydrogen-bond donors (Lipinski definition) is 1. The summed E-state index contributed by atoms with van der Waals surface area (Å²) in [5, 5.41) is 1.29. The van der Waals surface area contributed by atoms with Gasteiger partial charge in [-0.2, -0.15) is 0 Å². The van der Waals surface area contributed by atoms with Crippen LogP contribution in [0.3, 0.4) is 0 Å². The highest BCUT2D eigenvalue weighted by atomic mass is 16.5. The highest BCUT2D eigenvalue weighted by molar-refractivity contribution is 6.04. The van der Waals surface area contributed by atoms with Crippen molar-refractivity contribution in [1.29, 1.82) is 0 Å². The van der Waals surface area contributed by atoms with Crippen LogP contribution in [0.25, 0.3) is 22.0 Å². The van der Waals surface area contributed by atoms with Gasteiger partial charge in [-0.25, -0.2) is 4.98 Å². The third-order valence-corrected chi connectivity index (χ3v) is 7.08. The van der Waals surface area contributed by atoms with E-state index in [0.717, 1.165) is 62.2 Å². The van der Waals surface area contributed by atoms with E-state index in [1.807, 2.05) is 0 Å². The molecule has 6 nitrogen and oxygen atoms in total. The Bertz CT molecular complexity index is 979. The van der Waals surface area contributed by atoms with Crippen LogP contribution in [0, 0.1) is 5.92 Å². The van der Waals surface area contributed by atoms with Crippen molar-refractivity contribution in [1.82, 2.24) is 19.8 Å². The molecule has 4 fully saturated rings. The lowest BCUT2D eigenvalue weighted by Gasteiger charge is -2.44. The normalized spacial score (nSPS) is 28.5. The summed E-state index contributed by atoms with van der Waals surface area (Å²) in [6, 6.07) is 4.22. The summed E-state index contributed by atoms with van der Waals surface area (Å²) in [4.78, 5) is 13.5. The predicted molar refractivity (Wildman–Crippen MR) is 109 cm³/mol. The molecular weight excluding hydrogens is 352 g/mol. The zero-order chi connectivity index (χ0) is 18.5. The zero-order valence-electron chi connectivity index (χ0n) is 16.3.